The van der Waals surface area contributed by atoms with Gasteiger partial charge < -0.3 is 9.80 Å². The predicted octanol–water partition coefficient (Wildman–Crippen LogP) is 1.81. The first-order valence-electron chi connectivity index (χ1n) is 6.99. The van der Waals surface area contributed by atoms with E-state index in [9.17, 15) is 4.91 Å². The van der Waals surface area contributed by atoms with Gasteiger partial charge in [-0.3, -0.25) is 0 Å². The minimum absolute atomic E-state index is 0.457. The van der Waals surface area contributed by atoms with E-state index in [1.807, 2.05) is 0 Å². The van der Waals surface area contributed by atoms with Crippen molar-refractivity contribution in [2.24, 2.45) is 17.0 Å². The molecule has 0 spiro atoms. The number of hydrogen-bond acceptors (Lipinski definition) is 4. The third kappa shape index (κ3) is 3.75. The molecule has 0 bridgehead atoms. The average molecular weight is 239 g/mol. The molecule has 17 heavy (non-hydrogen) atoms. The van der Waals surface area contributed by atoms with Crippen LogP contribution in [-0.4, -0.2) is 56.1 Å². The van der Waals surface area contributed by atoms with E-state index < -0.39 is 0 Å². The van der Waals surface area contributed by atoms with Crippen LogP contribution in [0.3, 0.4) is 0 Å². The summed E-state index contributed by atoms with van der Waals surface area (Å²) in [6.45, 7) is 6.22. The number of nitrogens with zero attached hydrogens (tertiary/aromatic N) is 3. The Labute approximate surface area is 104 Å². The van der Waals surface area contributed by atoms with E-state index in [1.54, 1.807) is 0 Å². The van der Waals surface area contributed by atoms with E-state index in [-0.39, 0.29) is 0 Å². The summed E-state index contributed by atoms with van der Waals surface area (Å²) in [6, 6.07) is 0. The van der Waals surface area contributed by atoms with Gasteiger partial charge in [-0.2, -0.15) is 4.91 Å². The van der Waals surface area contributed by atoms with Crippen molar-refractivity contribution < 1.29 is 0 Å². The van der Waals surface area contributed by atoms with Crippen LogP contribution in [0.2, 0.25) is 0 Å². The molecule has 0 amide bonds. The van der Waals surface area contributed by atoms with E-state index in [1.165, 1.54) is 51.9 Å². The zero-order valence-corrected chi connectivity index (χ0v) is 11.0. The summed E-state index contributed by atoms with van der Waals surface area (Å²) in [5.41, 5.74) is 0. The van der Waals surface area contributed by atoms with Gasteiger partial charge in [0, 0.05) is 6.54 Å². The van der Waals surface area contributed by atoms with Crippen LogP contribution >= 0.6 is 0 Å². The SMILES string of the molecule is CN1CCC(C2CCN(CCN=O)CC2)CC1. The fourth-order valence-electron chi connectivity index (χ4n) is 3.33. The molecular weight excluding hydrogens is 214 g/mol. The Morgan fingerprint density at radius 2 is 1.53 bits per heavy atom. The highest BCUT2D eigenvalue weighted by molar-refractivity contribution is 4.81. The zero-order valence-electron chi connectivity index (χ0n) is 11.0. The maximum atomic E-state index is 10.1. The lowest BCUT2D eigenvalue weighted by atomic mass is 9.79. The normalized spacial score (nSPS) is 26.2. The van der Waals surface area contributed by atoms with Crippen molar-refractivity contribution in [2.75, 3.05) is 46.3 Å². The lowest BCUT2D eigenvalue weighted by Crippen LogP contribution is -2.40. The first-order chi connectivity index (χ1) is 8.29. The highest BCUT2D eigenvalue weighted by atomic mass is 16.3. The quantitative estimate of drug-likeness (QED) is 0.702. The van der Waals surface area contributed by atoms with Gasteiger partial charge in [0.05, 0.1) is 6.54 Å². The number of likely N-dealkylation sites (tertiary alicyclic amines) is 2. The maximum absolute atomic E-state index is 10.1. The van der Waals surface area contributed by atoms with E-state index in [0.29, 0.717) is 6.54 Å². The second-order valence-corrected chi connectivity index (χ2v) is 5.67. The van der Waals surface area contributed by atoms with Gasteiger partial charge in [-0.15, -0.1) is 0 Å². The molecule has 0 atom stereocenters. The molecule has 0 saturated carbocycles. The smallest absolute Gasteiger partial charge is 0.0938 e. The van der Waals surface area contributed by atoms with E-state index in [2.05, 4.69) is 22.0 Å². The zero-order chi connectivity index (χ0) is 12.1. The molecule has 2 fully saturated rings. The second-order valence-electron chi connectivity index (χ2n) is 5.67. The molecule has 0 aromatic rings. The van der Waals surface area contributed by atoms with Crippen molar-refractivity contribution in [2.45, 2.75) is 25.7 Å². The Hall–Kier alpha value is -0.480. The van der Waals surface area contributed by atoms with Crippen molar-refractivity contribution in [3.05, 3.63) is 4.91 Å². The first-order valence-corrected chi connectivity index (χ1v) is 6.99. The van der Waals surface area contributed by atoms with Gasteiger partial charge in [-0.1, -0.05) is 5.18 Å². The van der Waals surface area contributed by atoms with Gasteiger partial charge in [0.1, 0.15) is 0 Å². The second kappa shape index (κ2) is 6.45. The monoisotopic (exact) mass is 239 g/mol. The molecule has 0 radical (unpaired) electrons. The van der Waals surface area contributed by atoms with Crippen molar-refractivity contribution in [1.82, 2.24) is 9.80 Å². The number of rotatable bonds is 4. The molecule has 0 aliphatic carbocycles. The molecule has 0 unspecified atom stereocenters. The maximum Gasteiger partial charge on any atom is 0.0938 e. The van der Waals surface area contributed by atoms with Gasteiger partial charge in [0.15, 0.2) is 0 Å². The molecule has 2 aliphatic rings. The molecule has 2 rings (SSSR count). The van der Waals surface area contributed by atoms with Crippen molar-refractivity contribution in [1.29, 1.82) is 0 Å². The molecule has 0 N–H and O–H groups in total. The number of nitroso groups, excluding NO2 is 1. The van der Waals surface area contributed by atoms with Crippen LogP contribution in [0.4, 0.5) is 0 Å². The molecule has 98 valence electrons. The van der Waals surface area contributed by atoms with Crippen molar-refractivity contribution >= 4 is 0 Å². The number of piperidine rings is 2. The van der Waals surface area contributed by atoms with Crippen molar-refractivity contribution in [3.63, 3.8) is 0 Å². The number of hydrogen-bond donors (Lipinski definition) is 0. The van der Waals surface area contributed by atoms with E-state index in [4.69, 9.17) is 0 Å². The summed E-state index contributed by atoms with van der Waals surface area (Å²) in [7, 11) is 2.23. The van der Waals surface area contributed by atoms with Gasteiger partial charge in [-0.05, 0) is 70.7 Å². The Morgan fingerprint density at radius 3 is 2.06 bits per heavy atom. The van der Waals surface area contributed by atoms with Gasteiger partial charge >= 0.3 is 0 Å². The lowest BCUT2D eigenvalue weighted by molar-refractivity contribution is 0.107. The first kappa shape index (κ1) is 13.0. The topological polar surface area (TPSA) is 35.9 Å². The highest BCUT2D eigenvalue weighted by Crippen LogP contribution is 2.31. The summed E-state index contributed by atoms with van der Waals surface area (Å²) in [5.74, 6) is 1.89. The van der Waals surface area contributed by atoms with Gasteiger partial charge in [0.25, 0.3) is 0 Å². The third-order valence-electron chi connectivity index (χ3n) is 4.57. The van der Waals surface area contributed by atoms with Crippen LogP contribution in [0.1, 0.15) is 25.7 Å². The van der Waals surface area contributed by atoms with Crippen LogP contribution in [0.15, 0.2) is 5.18 Å². The molecule has 4 nitrogen and oxygen atoms in total. The molecule has 2 heterocycles. The highest BCUT2D eigenvalue weighted by Gasteiger charge is 2.28. The van der Waals surface area contributed by atoms with Crippen LogP contribution in [0.25, 0.3) is 0 Å². The Bertz CT molecular complexity index is 231. The third-order valence-corrected chi connectivity index (χ3v) is 4.57. The van der Waals surface area contributed by atoms with Crippen LogP contribution in [-0.2, 0) is 0 Å². The molecule has 0 aromatic heterocycles. The van der Waals surface area contributed by atoms with Crippen LogP contribution in [0.5, 0.6) is 0 Å². The summed E-state index contributed by atoms with van der Waals surface area (Å²) in [5, 5.41) is 2.95. The lowest BCUT2D eigenvalue weighted by Gasteiger charge is -2.39. The van der Waals surface area contributed by atoms with Gasteiger partial charge in [0.2, 0.25) is 0 Å². The fraction of sp³-hybridized carbons (Fsp3) is 1.00. The van der Waals surface area contributed by atoms with Crippen LogP contribution < -0.4 is 0 Å². The fourth-order valence-corrected chi connectivity index (χ4v) is 3.33. The minimum atomic E-state index is 0.457. The Kier molecular flexibility index (Phi) is 4.92. The van der Waals surface area contributed by atoms with E-state index in [0.717, 1.165) is 18.4 Å². The Morgan fingerprint density at radius 1 is 1.00 bits per heavy atom. The molecule has 4 heteroatoms. The largest absolute Gasteiger partial charge is 0.306 e. The molecule has 2 saturated heterocycles. The summed E-state index contributed by atoms with van der Waals surface area (Å²) < 4.78 is 0. The minimum Gasteiger partial charge on any atom is -0.306 e. The standard InChI is InChI=1S/C13H25N3O/c1-15-7-2-12(3-8-15)13-4-9-16(10-5-13)11-6-14-17/h12-13H,2-11H2,1H3. The average Bonchev–Trinajstić information content (AvgIpc) is 2.38. The molecule has 2 aliphatic heterocycles. The van der Waals surface area contributed by atoms with Crippen molar-refractivity contribution in [3.8, 4) is 0 Å². The molecule has 0 aromatic carbocycles. The summed E-state index contributed by atoms with van der Waals surface area (Å²) >= 11 is 0. The Balaban J connectivity index is 1.69. The van der Waals surface area contributed by atoms with Crippen LogP contribution in [0, 0.1) is 16.7 Å². The predicted molar refractivity (Wildman–Crippen MR) is 70.0 cm³/mol. The summed E-state index contributed by atoms with van der Waals surface area (Å²) in [6.07, 6.45) is 5.43. The summed E-state index contributed by atoms with van der Waals surface area (Å²) in [4.78, 5) is 15.0. The molecular formula is C13H25N3O. The van der Waals surface area contributed by atoms with E-state index >= 15 is 0 Å². The van der Waals surface area contributed by atoms with Gasteiger partial charge in [-0.25, -0.2) is 0 Å².